The zero-order chi connectivity index (χ0) is 13.5. The molecule has 2 aliphatic rings. The van der Waals surface area contributed by atoms with E-state index in [2.05, 4.69) is 38.9 Å². The topological polar surface area (TPSA) is 34.8 Å². The Bertz CT molecular complexity index is 606. The van der Waals surface area contributed by atoms with Crippen LogP contribution in [0.25, 0.3) is 0 Å². The molecule has 4 heteroatoms. The van der Waals surface area contributed by atoms with Crippen molar-refractivity contribution in [2.75, 3.05) is 7.05 Å². The monoisotopic (exact) mass is 270 g/mol. The highest BCUT2D eigenvalue weighted by atomic mass is 15.1. The largest absolute Gasteiger partial charge is 0.348 e. The first kappa shape index (κ1) is 12.2. The molecule has 106 valence electrons. The number of aryl methyl sites for hydroxylation is 1. The Morgan fingerprint density at radius 1 is 1.30 bits per heavy atom. The molecule has 1 fully saturated rings. The standard InChI is InChI=1S/C16H22N4/c1-17-16-4-2-3-12-8-19(10-15(12)16)9-14-7-18-11-20(14)13-5-6-13/h7-8,10-11,13,16-17H,2-6,9H2,1H3. The molecule has 0 spiro atoms. The number of nitrogens with one attached hydrogen (secondary N) is 1. The van der Waals surface area contributed by atoms with Gasteiger partial charge in [0.1, 0.15) is 0 Å². The van der Waals surface area contributed by atoms with Crippen LogP contribution in [-0.2, 0) is 13.0 Å². The third-order valence-electron chi connectivity index (χ3n) is 4.69. The van der Waals surface area contributed by atoms with Gasteiger partial charge in [-0.1, -0.05) is 0 Å². The van der Waals surface area contributed by atoms with Gasteiger partial charge in [-0.15, -0.1) is 0 Å². The van der Waals surface area contributed by atoms with E-state index < -0.39 is 0 Å². The van der Waals surface area contributed by atoms with Gasteiger partial charge in [0.2, 0.25) is 0 Å². The van der Waals surface area contributed by atoms with Crippen LogP contribution in [0, 0.1) is 0 Å². The highest BCUT2D eigenvalue weighted by molar-refractivity contribution is 5.30. The lowest BCUT2D eigenvalue weighted by atomic mass is 9.91. The highest BCUT2D eigenvalue weighted by Crippen LogP contribution is 2.36. The number of rotatable bonds is 4. The van der Waals surface area contributed by atoms with Crippen LogP contribution in [0.15, 0.2) is 24.9 Å². The van der Waals surface area contributed by atoms with Crippen molar-refractivity contribution >= 4 is 0 Å². The molecule has 0 amide bonds. The highest BCUT2D eigenvalue weighted by Gasteiger charge is 2.25. The molecule has 0 radical (unpaired) electrons. The molecule has 1 unspecified atom stereocenters. The molecule has 2 aromatic rings. The third-order valence-corrected chi connectivity index (χ3v) is 4.69. The first-order chi connectivity index (χ1) is 9.85. The number of fused-ring (bicyclic) bond motifs is 1. The summed E-state index contributed by atoms with van der Waals surface area (Å²) in [7, 11) is 2.07. The van der Waals surface area contributed by atoms with E-state index >= 15 is 0 Å². The predicted octanol–water partition coefficient (Wildman–Crippen LogP) is 2.66. The molecule has 0 saturated heterocycles. The predicted molar refractivity (Wildman–Crippen MR) is 78.8 cm³/mol. The van der Waals surface area contributed by atoms with E-state index in [-0.39, 0.29) is 0 Å². The summed E-state index contributed by atoms with van der Waals surface area (Å²) < 4.78 is 4.70. The van der Waals surface area contributed by atoms with Crippen LogP contribution in [0.5, 0.6) is 0 Å². The fraction of sp³-hybridized carbons (Fsp3) is 0.562. The zero-order valence-corrected chi connectivity index (χ0v) is 12.0. The number of hydrogen-bond donors (Lipinski definition) is 1. The van der Waals surface area contributed by atoms with Crippen LogP contribution >= 0.6 is 0 Å². The Morgan fingerprint density at radius 3 is 3.00 bits per heavy atom. The maximum absolute atomic E-state index is 4.33. The fourth-order valence-electron chi connectivity index (χ4n) is 3.46. The molecule has 4 nitrogen and oxygen atoms in total. The Balaban J connectivity index is 1.60. The molecular formula is C16H22N4. The normalized spacial score (nSPS) is 21.9. The summed E-state index contributed by atoms with van der Waals surface area (Å²) in [4.78, 5) is 4.33. The maximum Gasteiger partial charge on any atom is 0.0951 e. The van der Waals surface area contributed by atoms with E-state index in [4.69, 9.17) is 0 Å². The molecule has 20 heavy (non-hydrogen) atoms. The summed E-state index contributed by atoms with van der Waals surface area (Å²) in [6.45, 7) is 0.944. The van der Waals surface area contributed by atoms with Gasteiger partial charge in [-0.05, 0) is 50.3 Å². The van der Waals surface area contributed by atoms with E-state index in [1.54, 1.807) is 0 Å². The molecule has 1 atom stereocenters. The Morgan fingerprint density at radius 2 is 2.20 bits per heavy atom. The average Bonchev–Trinajstić information content (AvgIpc) is 3.06. The zero-order valence-electron chi connectivity index (χ0n) is 12.0. The lowest BCUT2D eigenvalue weighted by Gasteiger charge is -2.21. The average molecular weight is 270 g/mol. The maximum atomic E-state index is 4.33. The van der Waals surface area contributed by atoms with Gasteiger partial charge in [0, 0.05) is 30.7 Å². The van der Waals surface area contributed by atoms with E-state index in [1.165, 1.54) is 48.9 Å². The minimum atomic E-state index is 0.536. The van der Waals surface area contributed by atoms with Crippen LogP contribution in [0.3, 0.4) is 0 Å². The summed E-state index contributed by atoms with van der Waals surface area (Å²) in [6.07, 6.45) is 15.1. The second-order valence-electron chi connectivity index (χ2n) is 6.17. The summed E-state index contributed by atoms with van der Waals surface area (Å²) in [5.74, 6) is 0. The van der Waals surface area contributed by atoms with Crippen molar-refractivity contribution in [2.24, 2.45) is 0 Å². The van der Waals surface area contributed by atoms with Crippen molar-refractivity contribution < 1.29 is 0 Å². The van der Waals surface area contributed by atoms with Crippen molar-refractivity contribution in [1.29, 1.82) is 0 Å². The Kier molecular flexibility index (Phi) is 2.91. The summed E-state index contributed by atoms with van der Waals surface area (Å²) in [6, 6.07) is 1.25. The van der Waals surface area contributed by atoms with Crippen molar-refractivity contribution in [1.82, 2.24) is 19.4 Å². The first-order valence-electron chi connectivity index (χ1n) is 7.71. The van der Waals surface area contributed by atoms with Gasteiger partial charge in [0.15, 0.2) is 0 Å². The lowest BCUT2D eigenvalue weighted by Crippen LogP contribution is -2.20. The summed E-state index contributed by atoms with van der Waals surface area (Å²) in [5.41, 5.74) is 4.35. The van der Waals surface area contributed by atoms with Crippen molar-refractivity contribution in [3.63, 3.8) is 0 Å². The number of nitrogens with zero attached hydrogens (tertiary/aromatic N) is 3. The van der Waals surface area contributed by atoms with E-state index in [9.17, 15) is 0 Å². The van der Waals surface area contributed by atoms with Crippen molar-refractivity contribution in [3.8, 4) is 0 Å². The number of aromatic nitrogens is 3. The third kappa shape index (κ3) is 2.08. The van der Waals surface area contributed by atoms with Crippen LogP contribution < -0.4 is 5.32 Å². The van der Waals surface area contributed by atoms with Crippen molar-refractivity contribution in [2.45, 2.75) is 50.7 Å². The van der Waals surface area contributed by atoms with E-state index in [0.717, 1.165) is 6.54 Å². The van der Waals surface area contributed by atoms with Gasteiger partial charge in [0.25, 0.3) is 0 Å². The second-order valence-corrected chi connectivity index (χ2v) is 6.17. The van der Waals surface area contributed by atoms with E-state index in [1.807, 2.05) is 12.5 Å². The second kappa shape index (κ2) is 4.77. The summed E-state index contributed by atoms with van der Waals surface area (Å²) >= 11 is 0. The molecule has 1 N–H and O–H groups in total. The molecule has 0 bridgehead atoms. The molecule has 0 aromatic carbocycles. The van der Waals surface area contributed by atoms with Gasteiger partial charge in [-0.25, -0.2) is 4.98 Å². The van der Waals surface area contributed by atoms with Crippen LogP contribution in [-0.4, -0.2) is 21.2 Å². The van der Waals surface area contributed by atoms with E-state index in [0.29, 0.717) is 12.1 Å². The Hall–Kier alpha value is -1.55. The summed E-state index contributed by atoms with van der Waals surface area (Å²) in [5, 5.41) is 3.44. The van der Waals surface area contributed by atoms with Gasteiger partial charge < -0.3 is 14.5 Å². The van der Waals surface area contributed by atoms with Gasteiger partial charge in [-0.2, -0.15) is 0 Å². The lowest BCUT2D eigenvalue weighted by molar-refractivity contribution is 0.498. The van der Waals surface area contributed by atoms with Gasteiger partial charge in [-0.3, -0.25) is 0 Å². The SMILES string of the molecule is CNC1CCCc2cn(Cc3cncn3C3CC3)cc21. The molecule has 2 aliphatic carbocycles. The quantitative estimate of drug-likeness (QED) is 0.927. The van der Waals surface area contributed by atoms with Crippen LogP contribution in [0.2, 0.25) is 0 Å². The smallest absolute Gasteiger partial charge is 0.0951 e. The molecule has 1 saturated carbocycles. The molecule has 0 aliphatic heterocycles. The molecule has 2 heterocycles. The molecule has 4 rings (SSSR count). The fourth-order valence-corrected chi connectivity index (χ4v) is 3.46. The first-order valence-corrected chi connectivity index (χ1v) is 7.71. The van der Waals surface area contributed by atoms with Crippen LogP contribution in [0.4, 0.5) is 0 Å². The van der Waals surface area contributed by atoms with Gasteiger partial charge in [0.05, 0.1) is 18.6 Å². The number of imidazole rings is 1. The van der Waals surface area contributed by atoms with Gasteiger partial charge >= 0.3 is 0 Å². The minimum absolute atomic E-state index is 0.536. The van der Waals surface area contributed by atoms with Crippen molar-refractivity contribution in [3.05, 3.63) is 41.7 Å². The van der Waals surface area contributed by atoms with Crippen LogP contribution in [0.1, 0.15) is 54.6 Å². The molecular weight excluding hydrogens is 248 g/mol. The Labute approximate surface area is 119 Å². The number of hydrogen-bond acceptors (Lipinski definition) is 2. The minimum Gasteiger partial charge on any atom is -0.348 e. The molecule has 2 aromatic heterocycles.